The molecule has 0 unspecified atom stereocenters. The topological polar surface area (TPSA) is 113 Å². The number of benzene rings is 1. The molecule has 2 aromatic rings. The van der Waals surface area contributed by atoms with Gasteiger partial charge >= 0.3 is 5.97 Å². The van der Waals surface area contributed by atoms with Gasteiger partial charge in [0.2, 0.25) is 0 Å². The normalized spacial score (nSPS) is 10.1. The molecule has 0 spiro atoms. The number of rotatable bonds is 3. The van der Waals surface area contributed by atoms with E-state index in [9.17, 15) is 19.7 Å². The number of nitro groups is 1. The highest BCUT2D eigenvalue weighted by atomic mass is 16.6. The van der Waals surface area contributed by atoms with E-state index in [4.69, 9.17) is 5.11 Å². The van der Waals surface area contributed by atoms with E-state index in [1.165, 1.54) is 24.3 Å². The van der Waals surface area contributed by atoms with Gasteiger partial charge in [-0.3, -0.25) is 14.9 Å². The van der Waals surface area contributed by atoms with Gasteiger partial charge in [-0.15, -0.1) is 0 Å². The van der Waals surface area contributed by atoms with E-state index in [0.29, 0.717) is 0 Å². The Bertz CT molecular complexity index is 720. The summed E-state index contributed by atoms with van der Waals surface area (Å²) in [5.74, 6) is -1.35. The molecule has 0 atom stereocenters. The fraction of sp³-hybridized carbons (Fsp3) is 0. The van der Waals surface area contributed by atoms with Crippen LogP contribution in [0.2, 0.25) is 0 Å². The number of carbonyl (C=O) groups is 1. The first-order valence-corrected chi connectivity index (χ1v) is 5.21. The number of para-hydroxylation sites is 1. The van der Waals surface area contributed by atoms with Crippen LogP contribution >= 0.6 is 0 Å². The summed E-state index contributed by atoms with van der Waals surface area (Å²) in [6.45, 7) is 0. The number of aromatic amines is 1. The fourth-order valence-electron chi connectivity index (χ4n) is 1.66. The molecular weight excluding hydrogens is 252 g/mol. The molecule has 0 aliphatic heterocycles. The Kier molecular flexibility index (Phi) is 3.11. The molecule has 0 amide bonds. The number of carboxylic acid groups (broad SMARTS) is 1. The minimum atomic E-state index is -1.35. The summed E-state index contributed by atoms with van der Waals surface area (Å²) in [7, 11) is 0. The number of aromatic carboxylic acids is 1. The van der Waals surface area contributed by atoms with E-state index in [0.717, 1.165) is 6.07 Å². The summed E-state index contributed by atoms with van der Waals surface area (Å²) < 4.78 is 0. The third kappa shape index (κ3) is 2.34. The smallest absolute Gasteiger partial charge is 0.341 e. The number of hydrogen-bond donors (Lipinski definition) is 2. The average molecular weight is 260 g/mol. The first-order chi connectivity index (χ1) is 9.00. The van der Waals surface area contributed by atoms with E-state index in [1.54, 1.807) is 6.07 Å². The van der Waals surface area contributed by atoms with Crippen LogP contribution in [0.1, 0.15) is 10.4 Å². The Morgan fingerprint density at radius 1 is 1.21 bits per heavy atom. The van der Waals surface area contributed by atoms with Crippen LogP contribution in [0, 0.1) is 10.1 Å². The van der Waals surface area contributed by atoms with Gasteiger partial charge < -0.3 is 10.1 Å². The van der Waals surface area contributed by atoms with Crippen molar-refractivity contribution < 1.29 is 14.8 Å². The Morgan fingerprint density at radius 3 is 2.47 bits per heavy atom. The molecular formula is C12H8N2O5. The zero-order chi connectivity index (χ0) is 14.0. The maximum Gasteiger partial charge on any atom is 0.341 e. The van der Waals surface area contributed by atoms with Crippen molar-refractivity contribution in [1.82, 2.24) is 4.98 Å². The lowest BCUT2D eigenvalue weighted by Crippen LogP contribution is -2.17. The standard InChI is InChI=1S/C12H8N2O5/c15-11-8(12(16)17)5-6-9(13-11)7-3-1-2-4-10(7)14(18)19/h1-6H,(H,13,15)(H,16,17). The average Bonchev–Trinajstić information content (AvgIpc) is 2.38. The van der Waals surface area contributed by atoms with Crippen LogP contribution in [0.4, 0.5) is 5.69 Å². The molecule has 19 heavy (non-hydrogen) atoms. The highest BCUT2D eigenvalue weighted by Gasteiger charge is 2.16. The predicted molar refractivity (Wildman–Crippen MR) is 66.1 cm³/mol. The van der Waals surface area contributed by atoms with Crippen LogP contribution in [-0.2, 0) is 0 Å². The number of nitrogens with one attached hydrogen (secondary N) is 1. The third-order valence-corrected chi connectivity index (χ3v) is 2.53. The van der Waals surface area contributed by atoms with Crippen LogP contribution in [0.15, 0.2) is 41.2 Å². The zero-order valence-electron chi connectivity index (χ0n) is 9.49. The molecule has 1 aromatic carbocycles. The Balaban J connectivity index is 2.61. The van der Waals surface area contributed by atoms with Gasteiger partial charge in [0.15, 0.2) is 0 Å². The van der Waals surface area contributed by atoms with E-state index < -0.39 is 22.0 Å². The van der Waals surface area contributed by atoms with Crippen LogP contribution in [0.5, 0.6) is 0 Å². The van der Waals surface area contributed by atoms with E-state index in [1.807, 2.05) is 0 Å². The van der Waals surface area contributed by atoms with Gasteiger partial charge in [0.05, 0.1) is 16.2 Å². The number of pyridine rings is 1. The molecule has 7 nitrogen and oxygen atoms in total. The van der Waals surface area contributed by atoms with Gasteiger partial charge in [-0.05, 0) is 18.2 Å². The number of carboxylic acids is 1. The minimum absolute atomic E-state index is 0.166. The maximum absolute atomic E-state index is 11.5. The number of nitrogens with zero attached hydrogens (tertiary/aromatic N) is 1. The summed E-state index contributed by atoms with van der Waals surface area (Å²) in [6, 6.07) is 8.32. The Morgan fingerprint density at radius 2 is 1.89 bits per heavy atom. The Hall–Kier alpha value is -2.96. The lowest BCUT2D eigenvalue weighted by molar-refractivity contribution is -0.384. The summed E-state index contributed by atoms with van der Waals surface area (Å²) in [4.78, 5) is 34.9. The van der Waals surface area contributed by atoms with Crippen molar-refractivity contribution in [1.29, 1.82) is 0 Å². The summed E-state index contributed by atoms with van der Waals surface area (Å²) >= 11 is 0. The van der Waals surface area contributed by atoms with E-state index in [-0.39, 0.29) is 16.9 Å². The number of hydrogen-bond acceptors (Lipinski definition) is 4. The number of aromatic nitrogens is 1. The van der Waals surface area contributed by atoms with Crippen LogP contribution < -0.4 is 5.56 Å². The molecule has 1 heterocycles. The molecule has 2 rings (SSSR count). The molecule has 0 saturated heterocycles. The summed E-state index contributed by atoms with van der Waals surface area (Å²) in [5, 5.41) is 19.6. The molecule has 0 bridgehead atoms. The minimum Gasteiger partial charge on any atom is -0.477 e. The van der Waals surface area contributed by atoms with Crippen LogP contribution in [0.3, 0.4) is 0 Å². The number of nitro benzene ring substituents is 1. The molecule has 0 aliphatic carbocycles. The van der Waals surface area contributed by atoms with Gasteiger partial charge in [0, 0.05) is 6.07 Å². The second-order valence-corrected chi connectivity index (χ2v) is 3.69. The van der Waals surface area contributed by atoms with Crippen molar-refractivity contribution in [2.75, 3.05) is 0 Å². The van der Waals surface area contributed by atoms with Crippen molar-refractivity contribution in [2.45, 2.75) is 0 Å². The lowest BCUT2D eigenvalue weighted by Gasteiger charge is -2.03. The highest BCUT2D eigenvalue weighted by molar-refractivity contribution is 5.87. The van der Waals surface area contributed by atoms with E-state index >= 15 is 0 Å². The molecule has 0 fully saturated rings. The summed E-state index contributed by atoms with van der Waals surface area (Å²) in [5.41, 5.74) is -0.962. The van der Waals surface area contributed by atoms with Gasteiger partial charge in [-0.1, -0.05) is 12.1 Å². The molecule has 7 heteroatoms. The SMILES string of the molecule is O=C(O)c1ccc(-c2ccccc2[N+](=O)[O-])[nH]c1=O. The van der Waals surface area contributed by atoms with Crippen molar-refractivity contribution in [3.8, 4) is 11.3 Å². The second kappa shape index (κ2) is 4.73. The Labute approximate surface area is 106 Å². The van der Waals surface area contributed by atoms with Crippen molar-refractivity contribution in [3.05, 3.63) is 62.4 Å². The van der Waals surface area contributed by atoms with Crippen molar-refractivity contribution in [3.63, 3.8) is 0 Å². The summed E-state index contributed by atoms with van der Waals surface area (Å²) in [6.07, 6.45) is 0. The van der Waals surface area contributed by atoms with Gasteiger partial charge in [-0.25, -0.2) is 4.79 Å². The molecule has 0 radical (unpaired) electrons. The van der Waals surface area contributed by atoms with Crippen molar-refractivity contribution in [2.24, 2.45) is 0 Å². The zero-order valence-corrected chi connectivity index (χ0v) is 9.49. The quantitative estimate of drug-likeness (QED) is 0.643. The van der Waals surface area contributed by atoms with Gasteiger partial charge in [0.1, 0.15) is 5.56 Å². The lowest BCUT2D eigenvalue weighted by atomic mass is 10.1. The maximum atomic E-state index is 11.5. The first-order valence-electron chi connectivity index (χ1n) is 5.21. The molecule has 1 aromatic heterocycles. The second-order valence-electron chi connectivity index (χ2n) is 3.69. The third-order valence-electron chi connectivity index (χ3n) is 2.53. The fourth-order valence-corrected chi connectivity index (χ4v) is 1.66. The number of H-pyrrole nitrogens is 1. The molecule has 96 valence electrons. The van der Waals surface area contributed by atoms with E-state index in [2.05, 4.69) is 4.98 Å². The van der Waals surface area contributed by atoms with Gasteiger partial charge in [0.25, 0.3) is 11.2 Å². The first kappa shape index (κ1) is 12.5. The van der Waals surface area contributed by atoms with Crippen molar-refractivity contribution >= 4 is 11.7 Å². The predicted octanol–water partition coefficient (Wildman–Crippen LogP) is 1.65. The van der Waals surface area contributed by atoms with Gasteiger partial charge in [-0.2, -0.15) is 0 Å². The monoisotopic (exact) mass is 260 g/mol. The van der Waals surface area contributed by atoms with Crippen LogP contribution in [-0.4, -0.2) is 21.0 Å². The molecule has 0 saturated carbocycles. The highest BCUT2D eigenvalue weighted by Crippen LogP contribution is 2.27. The largest absolute Gasteiger partial charge is 0.477 e. The van der Waals surface area contributed by atoms with Crippen LogP contribution in [0.25, 0.3) is 11.3 Å². The molecule has 2 N–H and O–H groups in total. The molecule has 0 aliphatic rings.